The van der Waals surface area contributed by atoms with Crippen molar-refractivity contribution in [3.63, 3.8) is 0 Å². The Morgan fingerprint density at radius 3 is 2.41 bits per heavy atom. The maximum absolute atomic E-state index is 13.2. The number of amides is 3. The molecular formula is C27H28N4O3. The van der Waals surface area contributed by atoms with Crippen LogP contribution in [0.2, 0.25) is 0 Å². The fourth-order valence-electron chi connectivity index (χ4n) is 4.79. The first-order chi connectivity index (χ1) is 16.4. The van der Waals surface area contributed by atoms with Gasteiger partial charge in [-0.15, -0.1) is 0 Å². The van der Waals surface area contributed by atoms with Crippen molar-refractivity contribution < 1.29 is 14.4 Å². The molecule has 34 heavy (non-hydrogen) atoms. The number of para-hydroxylation sites is 1. The van der Waals surface area contributed by atoms with Crippen molar-refractivity contribution in [3.05, 3.63) is 70.8 Å². The Morgan fingerprint density at radius 2 is 1.68 bits per heavy atom. The van der Waals surface area contributed by atoms with Crippen molar-refractivity contribution >= 4 is 34.4 Å². The summed E-state index contributed by atoms with van der Waals surface area (Å²) in [6.07, 6.45) is 0.688. The van der Waals surface area contributed by atoms with E-state index in [1.54, 1.807) is 23.1 Å². The molecule has 0 spiro atoms. The van der Waals surface area contributed by atoms with Crippen LogP contribution in [0, 0.1) is 6.92 Å². The number of rotatable bonds is 4. The molecule has 7 nitrogen and oxygen atoms in total. The predicted molar refractivity (Wildman–Crippen MR) is 131 cm³/mol. The third-order valence-electron chi connectivity index (χ3n) is 7.00. The molecule has 2 aromatic carbocycles. The van der Waals surface area contributed by atoms with E-state index in [1.807, 2.05) is 32.0 Å². The summed E-state index contributed by atoms with van der Waals surface area (Å²) < 4.78 is 0. The van der Waals surface area contributed by atoms with Crippen molar-refractivity contribution in [2.45, 2.75) is 33.2 Å². The number of hydrogen-bond acceptors (Lipinski definition) is 5. The van der Waals surface area contributed by atoms with Crippen LogP contribution in [-0.2, 0) is 0 Å². The maximum atomic E-state index is 13.2. The zero-order valence-corrected chi connectivity index (χ0v) is 19.7. The first-order valence-electron chi connectivity index (χ1n) is 11.8. The monoisotopic (exact) mass is 456 g/mol. The van der Waals surface area contributed by atoms with Gasteiger partial charge in [-0.05, 0) is 56.2 Å². The SMILES string of the molecule is CCC(C)N1C(=O)c2ccc(C(=O)N3CCN(c4cc(C)c5ccccc5n4)CC3)cc2C1=O. The van der Waals surface area contributed by atoms with Crippen LogP contribution in [0.4, 0.5) is 5.82 Å². The molecular weight excluding hydrogens is 428 g/mol. The summed E-state index contributed by atoms with van der Waals surface area (Å²) in [5.41, 5.74) is 3.30. The van der Waals surface area contributed by atoms with Gasteiger partial charge in [-0.25, -0.2) is 4.98 Å². The van der Waals surface area contributed by atoms with E-state index >= 15 is 0 Å². The third kappa shape index (κ3) is 3.61. The van der Waals surface area contributed by atoms with Crippen LogP contribution in [0.25, 0.3) is 10.9 Å². The lowest BCUT2D eigenvalue weighted by atomic mass is 10.0. The second-order valence-corrected chi connectivity index (χ2v) is 9.09. The average Bonchev–Trinajstić information content (AvgIpc) is 3.12. The summed E-state index contributed by atoms with van der Waals surface area (Å²) in [6.45, 7) is 8.39. The molecule has 0 bridgehead atoms. The standard InChI is InChI=1S/C27H28N4O3/c1-4-18(3)31-26(33)21-10-9-19(16-22(21)27(31)34)25(32)30-13-11-29(12-14-30)24-15-17(2)20-7-5-6-8-23(20)28-24/h5-10,15-16,18H,4,11-14H2,1-3H3. The number of imide groups is 1. The van der Waals surface area contributed by atoms with Crippen LogP contribution >= 0.6 is 0 Å². The largest absolute Gasteiger partial charge is 0.353 e. The number of pyridine rings is 1. The number of carbonyl (C=O) groups is 3. The van der Waals surface area contributed by atoms with E-state index in [-0.39, 0.29) is 23.8 Å². The topological polar surface area (TPSA) is 73.8 Å². The van der Waals surface area contributed by atoms with Gasteiger partial charge >= 0.3 is 0 Å². The molecule has 3 aromatic rings. The lowest BCUT2D eigenvalue weighted by Crippen LogP contribution is -2.49. The number of nitrogens with zero attached hydrogens (tertiary/aromatic N) is 4. The van der Waals surface area contributed by atoms with E-state index in [1.165, 1.54) is 10.5 Å². The van der Waals surface area contributed by atoms with Gasteiger partial charge in [-0.3, -0.25) is 19.3 Å². The van der Waals surface area contributed by atoms with Crippen LogP contribution in [-0.4, -0.2) is 64.7 Å². The molecule has 1 atom stereocenters. The first kappa shape index (κ1) is 22.1. The summed E-state index contributed by atoms with van der Waals surface area (Å²) in [6, 6.07) is 14.9. The maximum Gasteiger partial charge on any atom is 0.261 e. The van der Waals surface area contributed by atoms with Crippen molar-refractivity contribution in [2.24, 2.45) is 0 Å². The molecule has 2 aliphatic heterocycles. The zero-order valence-electron chi connectivity index (χ0n) is 19.7. The highest BCUT2D eigenvalue weighted by Gasteiger charge is 2.38. The van der Waals surface area contributed by atoms with Crippen LogP contribution < -0.4 is 4.90 Å². The average molecular weight is 457 g/mol. The summed E-state index contributed by atoms with van der Waals surface area (Å²) in [5.74, 6) is 0.217. The third-order valence-corrected chi connectivity index (χ3v) is 7.00. The van der Waals surface area contributed by atoms with E-state index in [9.17, 15) is 14.4 Å². The quantitative estimate of drug-likeness (QED) is 0.557. The van der Waals surface area contributed by atoms with Crippen LogP contribution in [0.15, 0.2) is 48.5 Å². The highest BCUT2D eigenvalue weighted by atomic mass is 16.2. The second-order valence-electron chi connectivity index (χ2n) is 9.09. The van der Waals surface area contributed by atoms with E-state index < -0.39 is 0 Å². The number of hydrogen-bond donors (Lipinski definition) is 0. The first-order valence-corrected chi connectivity index (χ1v) is 11.8. The van der Waals surface area contributed by atoms with Crippen molar-refractivity contribution in [1.82, 2.24) is 14.8 Å². The van der Waals surface area contributed by atoms with Gasteiger partial charge in [-0.2, -0.15) is 0 Å². The lowest BCUT2D eigenvalue weighted by Gasteiger charge is -2.35. The Bertz CT molecular complexity index is 1310. The molecule has 1 aromatic heterocycles. The van der Waals surface area contributed by atoms with E-state index in [0.717, 1.165) is 16.7 Å². The summed E-state index contributed by atoms with van der Waals surface area (Å²) in [4.78, 5) is 48.9. The van der Waals surface area contributed by atoms with Crippen LogP contribution in [0.3, 0.4) is 0 Å². The minimum absolute atomic E-state index is 0.118. The molecule has 3 heterocycles. The summed E-state index contributed by atoms with van der Waals surface area (Å²) >= 11 is 0. The van der Waals surface area contributed by atoms with Gasteiger partial charge in [0.25, 0.3) is 17.7 Å². The molecule has 1 unspecified atom stereocenters. The van der Waals surface area contributed by atoms with E-state index in [2.05, 4.69) is 24.0 Å². The number of carbonyl (C=O) groups excluding carboxylic acids is 3. The lowest BCUT2D eigenvalue weighted by molar-refractivity contribution is 0.0593. The summed E-state index contributed by atoms with van der Waals surface area (Å²) in [5, 5.41) is 1.15. The molecule has 0 saturated carbocycles. The molecule has 1 fully saturated rings. The number of piperazine rings is 1. The zero-order chi connectivity index (χ0) is 24.0. The normalized spacial score (nSPS) is 16.9. The Hall–Kier alpha value is -3.74. The van der Waals surface area contributed by atoms with Gasteiger partial charge in [-0.1, -0.05) is 25.1 Å². The van der Waals surface area contributed by atoms with E-state index in [4.69, 9.17) is 4.98 Å². The highest BCUT2D eigenvalue weighted by Crippen LogP contribution is 2.28. The predicted octanol–water partition coefficient (Wildman–Crippen LogP) is 3.90. The van der Waals surface area contributed by atoms with Gasteiger partial charge < -0.3 is 9.80 Å². The number of aromatic nitrogens is 1. The molecule has 7 heteroatoms. The Labute approximate surface area is 199 Å². The van der Waals surface area contributed by atoms with Crippen LogP contribution in [0.1, 0.15) is 56.9 Å². The van der Waals surface area contributed by atoms with Gasteiger partial charge in [0, 0.05) is 43.2 Å². The second kappa shape index (κ2) is 8.56. The molecule has 5 rings (SSSR count). The highest BCUT2D eigenvalue weighted by molar-refractivity contribution is 6.22. The Morgan fingerprint density at radius 1 is 0.971 bits per heavy atom. The fourth-order valence-corrected chi connectivity index (χ4v) is 4.79. The molecule has 2 aliphatic rings. The molecule has 3 amide bonds. The molecule has 0 N–H and O–H groups in total. The Balaban J connectivity index is 1.31. The number of fused-ring (bicyclic) bond motifs is 2. The number of benzene rings is 2. The Kier molecular flexibility index (Phi) is 5.55. The van der Waals surface area contributed by atoms with Gasteiger partial charge in [0.15, 0.2) is 0 Å². The fraction of sp³-hybridized carbons (Fsp3) is 0.333. The molecule has 0 aliphatic carbocycles. The summed E-state index contributed by atoms with van der Waals surface area (Å²) in [7, 11) is 0. The molecule has 0 radical (unpaired) electrons. The van der Waals surface area contributed by atoms with Gasteiger partial charge in [0.2, 0.25) is 0 Å². The number of aryl methyl sites for hydroxylation is 1. The van der Waals surface area contributed by atoms with Crippen LogP contribution in [0.5, 0.6) is 0 Å². The molecule has 1 saturated heterocycles. The minimum atomic E-state index is -0.313. The molecule has 174 valence electrons. The van der Waals surface area contributed by atoms with Crippen molar-refractivity contribution in [1.29, 1.82) is 0 Å². The van der Waals surface area contributed by atoms with Gasteiger partial charge in [0.1, 0.15) is 5.82 Å². The smallest absolute Gasteiger partial charge is 0.261 e. The van der Waals surface area contributed by atoms with E-state index in [0.29, 0.717) is 49.3 Å². The minimum Gasteiger partial charge on any atom is -0.353 e. The van der Waals surface area contributed by atoms with Gasteiger partial charge in [0.05, 0.1) is 16.6 Å². The van der Waals surface area contributed by atoms with Crippen molar-refractivity contribution in [3.8, 4) is 0 Å². The van der Waals surface area contributed by atoms with Crippen molar-refractivity contribution in [2.75, 3.05) is 31.1 Å². The number of anilines is 1.